The van der Waals surface area contributed by atoms with Gasteiger partial charge in [0.2, 0.25) is 0 Å². The summed E-state index contributed by atoms with van der Waals surface area (Å²) in [6.07, 6.45) is 1.97. The highest BCUT2D eigenvalue weighted by atomic mass is 79.9. The molecule has 2 atom stereocenters. The number of hydrogen-bond acceptors (Lipinski definition) is 4. The summed E-state index contributed by atoms with van der Waals surface area (Å²) in [5.74, 6) is 0.855. The number of pyridine rings is 1. The lowest BCUT2D eigenvalue weighted by Crippen LogP contribution is -2.29. The Hall–Kier alpha value is -1.96. The number of ether oxygens (including phenoxy) is 1. The lowest BCUT2D eigenvalue weighted by Gasteiger charge is -2.27. The summed E-state index contributed by atoms with van der Waals surface area (Å²) < 4.78 is 6.86. The molecular formula is C21H20BrN3OS2. The Labute approximate surface area is 182 Å². The van der Waals surface area contributed by atoms with Gasteiger partial charge in [-0.3, -0.25) is 4.98 Å². The Kier molecular flexibility index (Phi) is 5.66. The summed E-state index contributed by atoms with van der Waals surface area (Å²) in [6, 6.07) is 16.2. The van der Waals surface area contributed by atoms with Crippen LogP contribution in [0.3, 0.4) is 0 Å². The van der Waals surface area contributed by atoms with Gasteiger partial charge in [-0.15, -0.1) is 11.3 Å². The summed E-state index contributed by atoms with van der Waals surface area (Å²) >= 11 is 11.0. The molecule has 4 rings (SSSR count). The van der Waals surface area contributed by atoms with Crippen LogP contribution in [0.25, 0.3) is 0 Å². The van der Waals surface area contributed by atoms with E-state index in [9.17, 15) is 0 Å². The van der Waals surface area contributed by atoms with Gasteiger partial charge in [0.1, 0.15) is 5.75 Å². The highest BCUT2D eigenvalue weighted by Gasteiger charge is 2.41. The summed E-state index contributed by atoms with van der Waals surface area (Å²) in [4.78, 5) is 7.97. The number of nitrogens with zero attached hydrogens (tertiary/aromatic N) is 2. The number of halogens is 1. The van der Waals surface area contributed by atoms with Crippen LogP contribution in [0.5, 0.6) is 5.75 Å². The topological polar surface area (TPSA) is 37.4 Å². The molecule has 4 nitrogen and oxygen atoms in total. The quantitative estimate of drug-likeness (QED) is 0.468. The molecule has 0 unspecified atom stereocenters. The van der Waals surface area contributed by atoms with Crippen molar-refractivity contribution < 1.29 is 4.74 Å². The number of thiocarbonyl (C=S) groups is 1. The zero-order chi connectivity index (χ0) is 19.7. The van der Waals surface area contributed by atoms with Crippen molar-refractivity contribution in [3.63, 3.8) is 0 Å². The zero-order valence-corrected chi connectivity index (χ0v) is 18.7. The minimum Gasteiger partial charge on any atom is -0.491 e. The Morgan fingerprint density at radius 2 is 2.00 bits per heavy atom. The van der Waals surface area contributed by atoms with Gasteiger partial charge in [-0.1, -0.05) is 6.07 Å². The molecule has 0 spiro atoms. The van der Waals surface area contributed by atoms with Crippen LogP contribution in [0.15, 0.2) is 64.6 Å². The van der Waals surface area contributed by atoms with Gasteiger partial charge < -0.3 is 15.0 Å². The van der Waals surface area contributed by atoms with Gasteiger partial charge in [-0.25, -0.2) is 0 Å². The van der Waals surface area contributed by atoms with Crippen LogP contribution in [0.4, 0.5) is 5.69 Å². The molecule has 144 valence electrons. The van der Waals surface area contributed by atoms with E-state index in [1.54, 1.807) is 11.3 Å². The molecule has 7 heteroatoms. The third-order valence-electron chi connectivity index (χ3n) is 4.46. The molecule has 2 aromatic heterocycles. The Balaban J connectivity index is 1.73. The molecule has 3 heterocycles. The van der Waals surface area contributed by atoms with Gasteiger partial charge in [0.05, 0.1) is 23.9 Å². The first kappa shape index (κ1) is 19.4. The molecule has 1 saturated heterocycles. The number of aromatic nitrogens is 1. The smallest absolute Gasteiger partial charge is 0.174 e. The number of rotatable bonds is 5. The summed E-state index contributed by atoms with van der Waals surface area (Å²) in [5, 5.41) is 6.28. The van der Waals surface area contributed by atoms with E-state index in [0.717, 1.165) is 21.6 Å². The largest absolute Gasteiger partial charge is 0.491 e. The first-order chi connectivity index (χ1) is 13.5. The fourth-order valence-corrected chi connectivity index (χ4v) is 5.28. The van der Waals surface area contributed by atoms with Gasteiger partial charge in [0.15, 0.2) is 5.11 Å². The molecule has 0 saturated carbocycles. The number of thiophene rings is 1. The van der Waals surface area contributed by atoms with Crippen molar-refractivity contribution in [2.75, 3.05) is 4.90 Å². The highest BCUT2D eigenvalue weighted by Crippen LogP contribution is 2.44. The SMILES string of the molecule is CC(C)Oc1ccc(N2C(=S)N[C@@H](c3ccccn3)[C@H]2c2cc(Br)cs2)cc1. The third-order valence-corrected chi connectivity index (χ3v) is 6.54. The second-order valence-corrected chi connectivity index (χ2v) is 9.07. The van der Waals surface area contributed by atoms with Crippen LogP contribution in [0.1, 0.15) is 36.5 Å². The van der Waals surface area contributed by atoms with Gasteiger partial charge in [0.25, 0.3) is 0 Å². The van der Waals surface area contributed by atoms with E-state index in [1.807, 2.05) is 50.4 Å². The highest BCUT2D eigenvalue weighted by molar-refractivity contribution is 9.10. The Morgan fingerprint density at radius 3 is 2.61 bits per heavy atom. The Bertz CT molecular complexity index is 959. The standard InChI is InChI=1S/C21H20BrN3OS2/c1-13(2)26-16-8-6-15(7-9-16)25-20(18-11-14(22)12-28-18)19(24-21(25)27)17-5-3-4-10-23-17/h3-13,19-20H,1-2H3,(H,24,27)/t19-,20+/m0/s1. The summed E-state index contributed by atoms with van der Waals surface area (Å²) in [6.45, 7) is 4.05. The average molecular weight is 474 g/mol. The van der Waals surface area contributed by atoms with Crippen molar-refractivity contribution in [1.82, 2.24) is 10.3 Å². The predicted molar refractivity (Wildman–Crippen MR) is 122 cm³/mol. The van der Waals surface area contributed by atoms with Crippen LogP contribution >= 0.6 is 39.5 Å². The van der Waals surface area contributed by atoms with Gasteiger partial charge in [0, 0.05) is 26.6 Å². The molecule has 0 aliphatic carbocycles. The van der Waals surface area contributed by atoms with Gasteiger partial charge >= 0.3 is 0 Å². The van der Waals surface area contributed by atoms with Crippen LogP contribution in [-0.2, 0) is 0 Å². The molecule has 0 radical (unpaired) electrons. The van der Waals surface area contributed by atoms with E-state index < -0.39 is 0 Å². The summed E-state index contributed by atoms with van der Waals surface area (Å²) in [5.41, 5.74) is 2.00. The van der Waals surface area contributed by atoms with Crippen LogP contribution in [0.2, 0.25) is 0 Å². The second kappa shape index (κ2) is 8.19. The van der Waals surface area contributed by atoms with Crippen molar-refractivity contribution in [2.24, 2.45) is 0 Å². The van der Waals surface area contributed by atoms with E-state index in [0.29, 0.717) is 5.11 Å². The first-order valence-electron chi connectivity index (χ1n) is 9.04. The molecule has 28 heavy (non-hydrogen) atoms. The lowest BCUT2D eigenvalue weighted by atomic mass is 10.0. The molecule has 1 aliphatic heterocycles. The predicted octanol–water partition coefficient (Wildman–Crippen LogP) is 5.87. The van der Waals surface area contributed by atoms with Gasteiger partial charge in [-0.2, -0.15) is 0 Å². The minimum atomic E-state index is -0.0224. The third kappa shape index (κ3) is 3.92. The van der Waals surface area contributed by atoms with Crippen molar-refractivity contribution in [3.05, 3.63) is 75.2 Å². The van der Waals surface area contributed by atoms with Crippen LogP contribution in [-0.4, -0.2) is 16.2 Å². The number of nitrogens with one attached hydrogen (secondary N) is 1. The van der Waals surface area contributed by atoms with E-state index in [-0.39, 0.29) is 18.2 Å². The van der Waals surface area contributed by atoms with Crippen molar-refractivity contribution in [1.29, 1.82) is 0 Å². The van der Waals surface area contributed by atoms with Crippen molar-refractivity contribution in [3.8, 4) is 5.75 Å². The molecular weight excluding hydrogens is 454 g/mol. The summed E-state index contributed by atoms with van der Waals surface area (Å²) in [7, 11) is 0. The minimum absolute atomic E-state index is 0.0224. The van der Waals surface area contributed by atoms with Crippen molar-refractivity contribution in [2.45, 2.75) is 32.0 Å². The normalized spacial score (nSPS) is 19.1. The van der Waals surface area contributed by atoms with E-state index >= 15 is 0 Å². The number of benzene rings is 1. The zero-order valence-electron chi connectivity index (χ0n) is 15.5. The molecule has 1 aliphatic rings. The molecule has 1 N–H and O–H groups in total. The van der Waals surface area contributed by atoms with E-state index in [4.69, 9.17) is 17.0 Å². The van der Waals surface area contributed by atoms with Crippen LogP contribution in [0, 0.1) is 0 Å². The molecule has 1 fully saturated rings. The molecule has 1 aromatic carbocycles. The molecule has 3 aromatic rings. The molecule has 0 bridgehead atoms. The van der Waals surface area contributed by atoms with Crippen LogP contribution < -0.4 is 15.0 Å². The number of anilines is 1. The monoisotopic (exact) mass is 473 g/mol. The maximum Gasteiger partial charge on any atom is 0.174 e. The molecule has 0 amide bonds. The average Bonchev–Trinajstić information content (AvgIpc) is 3.26. The maximum atomic E-state index is 5.78. The second-order valence-electron chi connectivity index (χ2n) is 6.82. The Morgan fingerprint density at radius 1 is 1.21 bits per heavy atom. The van der Waals surface area contributed by atoms with E-state index in [1.165, 1.54) is 4.88 Å². The fraction of sp³-hybridized carbons (Fsp3) is 0.238. The van der Waals surface area contributed by atoms with Gasteiger partial charge in [-0.05, 0) is 84.5 Å². The first-order valence-corrected chi connectivity index (χ1v) is 11.1. The fourth-order valence-electron chi connectivity index (χ4n) is 3.36. The van der Waals surface area contributed by atoms with E-state index in [2.05, 4.69) is 54.7 Å². The maximum absolute atomic E-state index is 5.78. The number of hydrogen-bond donors (Lipinski definition) is 1. The van der Waals surface area contributed by atoms with Crippen molar-refractivity contribution >= 4 is 50.3 Å². The lowest BCUT2D eigenvalue weighted by molar-refractivity contribution is 0.242.